The lowest BCUT2D eigenvalue weighted by atomic mass is 9.99. The fourth-order valence-electron chi connectivity index (χ4n) is 1.39. The first-order chi connectivity index (χ1) is 7.90. The molecule has 0 aromatic heterocycles. The van der Waals surface area contributed by atoms with Crippen molar-refractivity contribution in [1.82, 2.24) is 0 Å². The molecule has 0 atom stereocenters. The quantitative estimate of drug-likeness (QED) is 0.886. The normalized spacial score (nSPS) is 11.9. The molecule has 0 aliphatic heterocycles. The average molecular weight is 247 g/mol. The second-order valence-corrected chi connectivity index (χ2v) is 3.58. The molecule has 1 aromatic rings. The van der Waals surface area contributed by atoms with Gasteiger partial charge in [0.1, 0.15) is 5.75 Å². The van der Waals surface area contributed by atoms with Gasteiger partial charge in [-0.15, -0.1) is 0 Å². The highest BCUT2D eigenvalue weighted by Crippen LogP contribution is 2.37. The highest BCUT2D eigenvalue weighted by atomic mass is 19.4. The van der Waals surface area contributed by atoms with E-state index in [9.17, 15) is 13.2 Å². The Hall–Kier alpha value is -1.23. The fraction of sp³-hybridized carbons (Fsp3) is 0.417. The SMILES string of the molecule is CCOc1ccc([C](C)CO)cc1C(F)(F)F. The Morgan fingerprint density at radius 3 is 2.47 bits per heavy atom. The van der Waals surface area contributed by atoms with Crippen LogP contribution >= 0.6 is 0 Å². The third kappa shape index (κ3) is 3.36. The summed E-state index contributed by atoms with van der Waals surface area (Å²) in [5, 5.41) is 8.91. The molecule has 0 amide bonds. The predicted molar refractivity (Wildman–Crippen MR) is 57.7 cm³/mol. The minimum Gasteiger partial charge on any atom is -0.493 e. The van der Waals surface area contributed by atoms with Gasteiger partial charge >= 0.3 is 6.18 Å². The Morgan fingerprint density at radius 2 is 2.00 bits per heavy atom. The van der Waals surface area contributed by atoms with Crippen molar-refractivity contribution >= 4 is 0 Å². The van der Waals surface area contributed by atoms with Gasteiger partial charge in [-0.3, -0.25) is 0 Å². The van der Waals surface area contributed by atoms with Crippen LogP contribution in [0.4, 0.5) is 13.2 Å². The van der Waals surface area contributed by atoms with Crippen LogP contribution in [0.25, 0.3) is 0 Å². The summed E-state index contributed by atoms with van der Waals surface area (Å²) in [6.45, 7) is 3.10. The second-order valence-electron chi connectivity index (χ2n) is 3.58. The van der Waals surface area contributed by atoms with Crippen LogP contribution in [-0.2, 0) is 6.18 Å². The summed E-state index contributed by atoms with van der Waals surface area (Å²) < 4.78 is 43.2. The second kappa shape index (κ2) is 5.40. The fourth-order valence-corrected chi connectivity index (χ4v) is 1.39. The smallest absolute Gasteiger partial charge is 0.419 e. The molecular weight excluding hydrogens is 233 g/mol. The Morgan fingerprint density at radius 1 is 1.35 bits per heavy atom. The van der Waals surface area contributed by atoms with Crippen molar-refractivity contribution in [2.24, 2.45) is 0 Å². The summed E-state index contributed by atoms with van der Waals surface area (Å²) in [6.07, 6.45) is -4.46. The average Bonchev–Trinajstić information content (AvgIpc) is 2.27. The molecule has 0 heterocycles. The van der Waals surface area contributed by atoms with E-state index in [-0.39, 0.29) is 19.0 Å². The number of ether oxygens (including phenoxy) is 1. The number of rotatable bonds is 4. The number of aliphatic hydroxyl groups is 1. The van der Waals surface area contributed by atoms with Gasteiger partial charge in [0.05, 0.1) is 18.8 Å². The van der Waals surface area contributed by atoms with Crippen LogP contribution in [0.15, 0.2) is 18.2 Å². The largest absolute Gasteiger partial charge is 0.493 e. The van der Waals surface area contributed by atoms with Crippen molar-refractivity contribution in [1.29, 1.82) is 0 Å². The van der Waals surface area contributed by atoms with Gasteiger partial charge in [0.15, 0.2) is 0 Å². The number of alkyl halides is 3. The van der Waals surface area contributed by atoms with Crippen LogP contribution in [0.2, 0.25) is 0 Å². The molecule has 1 N–H and O–H groups in total. The summed E-state index contributed by atoms with van der Waals surface area (Å²) >= 11 is 0. The molecule has 1 rings (SSSR count). The molecule has 0 aliphatic rings. The zero-order valence-electron chi connectivity index (χ0n) is 9.64. The van der Waals surface area contributed by atoms with Gasteiger partial charge in [-0.05, 0) is 24.6 Å². The van der Waals surface area contributed by atoms with Crippen LogP contribution in [0.1, 0.15) is 25.0 Å². The zero-order chi connectivity index (χ0) is 13.1. The van der Waals surface area contributed by atoms with Gasteiger partial charge in [-0.2, -0.15) is 13.2 Å². The molecule has 0 fully saturated rings. The van der Waals surface area contributed by atoms with E-state index in [1.165, 1.54) is 12.1 Å². The topological polar surface area (TPSA) is 29.5 Å². The van der Waals surface area contributed by atoms with Gasteiger partial charge < -0.3 is 9.84 Å². The van der Waals surface area contributed by atoms with Gasteiger partial charge in [-0.25, -0.2) is 0 Å². The molecule has 0 spiro atoms. The number of halogens is 3. The number of aliphatic hydroxyl groups excluding tert-OH is 1. The third-order valence-electron chi connectivity index (χ3n) is 2.31. The lowest BCUT2D eigenvalue weighted by Gasteiger charge is -2.16. The maximum Gasteiger partial charge on any atom is 0.419 e. The minimum atomic E-state index is -4.46. The lowest BCUT2D eigenvalue weighted by molar-refractivity contribution is -0.138. The van der Waals surface area contributed by atoms with E-state index in [1.807, 2.05) is 0 Å². The van der Waals surface area contributed by atoms with E-state index in [0.29, 0.717) is 11.5 Å². The monoisotopic (exact) mass is 247 g/mol. The molecule has 1 radical (unpaired) electrons. The maximum atomic E-state index is 12.8. The Labute approximate surface area is 98.0 Å². The Kier molecular flexibility index (Phi) is 4.40. The van der Waals surface area contributed by atoms with Crippen LogP contribution < -0.4 is 4.74 Å². The van der Waals surface area contributed by atoms with Crippen molar-refractivity contribution in [2.45, 2.75) is 20.0 Å². The summed E-state index contributed by atoms with van der Waals surface area (Å²) in [7, 11) is 0. The van der Waals surface area contributed by atoms with E-state index in [4.69, 9.17) is 9.84 Å². The van der Waals surface area contributed by atoms with Gasteiger partial charge in [0.2, 0.25) is 0 Å². The minimum absolute atomic E-state index is 0.172. The summed E-state index contributed by atoms with van der Waals surface area (Å²) in [5.41, 5.74) is -0.451. The molecule has 1 aromatic carbocycles. The molecular formula is C12H14F3O2. The van der Waals surface area contributed by atoms with Crippen LogP contribution in [0, 0.1) is 5.92 Å². The van der Waals surface area contributed by atoms with Gasteiger partial charge in [0.25, 0.3) is 0 Å². The van der Waals surface area contributed by atoms with Crippen LogP contribution in [-0.4, -0.2) is 18.3 Å². The van der Waals surface area contributed by atoms with E-state index >= 15 is 0 Å². The number of benzene rings is 1. The van der Waals surface area contributed by atoms with E-state index < -0.39 is 11.7 Å². The molecule has 5 heteroatoms. The molecule has 0 aliphatic carbocycles. The summed E-state index contributed by atoms with van der Waals surface area (Å²) in [5.74, 6) is 0.299. The van der Waals surface area contributed by atoms with Crippen molar-refractivity contribution in [3.63, 3.8) is 0 Å². The molecule has 0 saturated heterocycles. The van der Waals surface area contributed by atoms with Crippen molar-refractivity contribution in [3.8, 4) is 5.75 Å². The first-order valence-electron chi connectivity index (χ1n) is 5.17. The molecule has 95 valence electrons. The van der Waals surface area contributed by atoms with Crippen LogP contribution in [0.5, 0.6) is 5.75 Å². The third-order valence-corrected chi connectivity index (χ3v) is 2.31. The molecule has 17 heavy (non-hydrogen) atoms. The standard InChI is InChI=1S/C12H14F3O2/c1-3-17-11-5-4-9(8(2)7-16)6-10(11)12(13,14)15/h4-6,16H,3,7H2,1-2H3. The van der Waals surface area contributed by atoms with E-state index in [2.05, 4.69) is 0 Å². The zero-order valence-corrected chi connectivity index (χ0v) is 9.64. The molecule has 0 saturated carbocycles. The van der Waals surface area contributed by atoms with Gasteiger partial charge in [-0.1, -0.05) is 13.0 Å². The van der Waals surface area contributed by atoms with E-state index in [0.717, 1.165) is 6.07 Å². The van der Waals surface area contributed by atoms with Crippen molar-refractivity contribution in [3.05, 3.63) is 35.2 Å². The van der Waals surface area contributed by atoms with Crippen molar-refractivity contribution < 1.29 is 23.0 Å². The summed E-state index contributed by atoms with van der Waals surface area (Å²) in [6, 6.07) is 3.78. The summed E-state index contributed by atoms with van der Waals surface area (Å²) in [4.78, 5) is 0. The lowest BCUT2D eigenvalue weighted by Crippen LogP contribution is -2.11. The Bertz CT molecular complexity index is 375. The van der Waals surface area contributed by atoms with Gasteiger partial charge in [0, 0.05) is 5.92 Å². The van der Waals surface area contributed by atoms with Crippen LogP contribution in [0.3, 0.4) is 0 Å². The molecule has 0 unspecified atom stereocenters. The first-order valence-corrected chi connectivity index (χ1v) is 5.17. The molecule has 2 nitrogen and oxygen atoms in total. The maximum absolute atomic E-state index is 12.8. The van der Waals surface area contributed by atoms with E-state index in [1.54, 1.807) is 13.8 Å². The first kappa shape index (κ1) is 13.8. The molecule has 0 bridgehead atoms. The predicted octanol–water partition coefficient (Wildman–Crippen LogP) is 3.04. The Balaban J connectivity index is 3.19. The number of hydrogen-bond acceptors (Lipinski definition) is 2. The van der Waals surface area contributed by atoms with Crippen molar-refractivity contribution in [2.75, 3.05) is 13.2 Å². The number of hydrogen-bond donors (Lipinski definition) is 1. The highest BCUT2D eigenvalue weighted by molar-refractivity contribution is 5.43. The highest BCUT2D eigenvalue weighted by Gasteiger charge is 2.34.